The fourth-order valence-corrected chi connectivity index (χ4v) is 4.49. The van der Waals surface area contributed by atoms with Gasteiger partial charge in [-0.2, -0.15) is 0 Å². The molecular formula is C18H11Cl3N4OS. The summed E-state index contributed by atoms with van der Waals surface area (Å²) in [4.78, 5) is 21.4. The zero-order valence-corrected chi connectivity index (χ0v) is 16.6. The summed E-state index contributed by atoms with van der Waals surface area (Å²) < 4.78 is 0. The maximum Gasteiger partial charge on any atom is 0.260 e. The van der Waals surface area contributed by atoms with Crippen LogP contribution in [0.25, 0.3) is 17.1 Å². The summed E-state index contributed by atoms with van der Waals surface area (Å²) in [6.07, 6.45) is 5.08. The average Bonchev–Trinajstić information content (AvgIpc) is 2.97. The van der Waals surface area contributed by atoms with Crippen LogP contribution in [0.2, 0.25) is 15.1 Å². The highest BCUT2D eigenvalue weighted by molar-refractivity contribution is 8.05. The highest BCUT2D eigenvalue weighted by Gasteiger charge is 2.28. The van der Waals surface area contributed by atoms with Crippen LogP contribution in [0.1, 0.15) is 5.56 Å². The van der Waals surface area contributed by atoms with E-state index in [1.165, 1.54) is 11.8 Å². The van der Waals surface area contributed by atoms with Gasteiger partial charge in [-0.05, 0) is 35.9 Å². The van der Waals surface area contributed by atoms with E-state index >= 15 is 0 Å². The SMILES string of the molecule is O=C1NC(Nc2c(Cl)cc(Cl)cc2Cl)S/C1=C\c1ccc2nccnc2c1. The number of nitrogens with one attached hydrogen (secondary N) is 2. The molecule has 2 heterocycles. The third-order valence-electron chi connectivity index (χ3n) is 3.80. The number of halogens is 3. The number of hydrogen-bond acceptors (Lipinski definition) is 5. The second-order valence-electron chi connectivity index (χ2n) is 5.67. The number of amides is 1. The Morgan fingerprint density at radius 3 is 2.48 bits per heavy atom. The number of carbonyl (C=O) groups excluding carboxylic acids is 1. The number of carbonyl (C=O) groups is 1. The molecule has 0 aliphatic carbocycles. The Balaban J connectivity index is 1.56. The lowest BCUT2D eigenvalue weighted by Crippen LogP contribution is -2.31. The lowest BCUT2D eigenvalue weighted by atomic mass is 10.2. The molecule has 5 nitrogen and oxygen atoms in total. The van der Waals surface area contributed by atoms with Crippen LogP contribution in [0.4, 0.5) is 5.69 Å². The smallest absolute Gasteiger partial charge is 0.260 e. The van der Waals surface area contributed by atoms with E-state index in [4.69, 9.17) is 34.8 Å². The van der Waals surface area contributed by atoms with Crippen LogP contribution in [-0.2, 0) is 4.79 Å². The summed E-state index contributed by atoms with van der Waals surface area (Å²) in [5.74, 6) is -0.182. The molecule has 2 N–H and O–H groups in total. The van der Waals surface area contributed by atoms with Crippen molar-refractivity contribution in [2.75, 3.05) is 5.32 Å². The molecule has 0 bridgehead atoms. The molecule has 9 heteroatoms. The van der Waals surface area contributed by atoms with Gasteiger partial charge in [-0.15, -0.1) is 0 Å². The van der Waals surface area contributed by atoms with Crippen LogP contribution in [0.5, 0.6) is 0 Å². The highest BCUT2D eigenvalue weighted by atomic mass is 35.5. The molecule has 0 spiro atoms. The summed E-state index contributed by atoms with van der Waals surface area (Å²) >= 11 is 19.6. The molecule has 1 aliphatic rings. The monoisotopic (exact) mass is 436 g/mol. The molecule has 0 radical (unpaired) electrons. The Morgan fingerprint density at radius 1 is 1.04 bits per heavy atom. The zero-order valence-electron chi connectivity index (χ0n) is 13.5. The summed E-state index contributed by atoms with van der Waals surface area (Å²) in [7, 11) is 0. The van der Waals surface area contributed by atoms with E-state index in [9.17, 15) is 4.79 Å². The van der Waals surface area contributed by atoms with Gasteiger partial charge in [0, 0.05) is 17.4 Å². The van der Waals surface area contributed by atoms with E-state index in [1.807, 2.05) is 18.2 Å². The van der Waals surface area contributed by atoms with Gasteiger partial charge in [0.05, 0.1) is 31.7 Å². The molecule has 2 aromatic carbocycles. The van der Waals surface area contributed by atoms with E-state index in [1.54, 1.807) is 30.6 Å². The molecule has 1 aromatic heterocycles. The molecule has 4 rings (SSSR count). The minimum atomic E-state index is -0.403. The van der Waals surface area contributed by atoms with Gasteiger partial charge < -0.3 is 10.6 Å². The highest BCUT2D eigenvalue weighted by Crippen LogP contribution is 2.37. The zero-order chi connectivity index (χ0) is 19.0. The van der Waals surface area contributed by atoms with Gasteiger partial charge in [0.1, 0.15) is 0 Å². The Morgan fingerprint density at radius 2 is 1.74 bits per heavy atom. The molecule has 1 unspecified atom stereocenters. The lowest BCUT2D eigenvalue weighted by molar-refractivity contribution is -0.116. The first kappa shape index (κ1) is 18.4. The van der Waals surface area contributed by atoms with Crippen molar-refractivity contribution >= 4 is 75.3 Å². The molecule has 1 saturated heterocycles. The van der Waals surface area contributed by atoms with Crippen LogP contribution in [0.3, 0.4) is 0 Å². The molecule has 136 valence electrons. The Labute approximate surface area is 174 Å². The number of thioether (sulfide) groups is 1. The number of fused-ring (bicyclic) bond motifs is 1. The van der Waals surface area contributed by atoms with Gasteiger partial charge in [-0.25, -0.2) is 0 Å². The van der Waals surface area contributed by atoms with Crippen molar-refractivity contribution in [1.82, 2.24) is 15.3 Å². The van der Waals surface area contributed by atoms with Gasteiger partial charge in [-0.3, -0.25) is 14.8 Å². The number of hydrogen-bond donors (Lipinski definition) is 2. The summed E-state index contributed by atoms with van der Waals surface area (Å²) in [6, 6.07) is 8.83. The number of anilines is 1. The first-order valence-electron chi connectivity index (χ1n) is 7.81. The second-order valence-corrected chi connectivity index (χ2v) is 8.07. The van der Waals surface area contributed by atoms with Crippen molar-refractivity contribution in [2.45, 2.75) is 5.50 Å². The topological polar surface area (TPSA) is 66.9 Å². The molecule has 1 fully saturated rings. The van der Waals surface area contributed by atoms with Gasteiger partial charge in [0.25, 0.3) is 5.91 Å². The van der Waals surface area contributed by atoms with Crippen LogP contribution in [0.15, 0.2) is 47.6 Å². The molecule has 1 amide bonds. The Bertz CT molecular complexity index is 1070. The third kappa shape index (κ3) is 3.99. The fourth-order valence-electron chi connectivity index (χ4n) is 2.60. The predicted molar refractivity (Wildman–Crippen MR) is 112 cm³/mol. The maximum atomic E-state index is 12.3. The number of nitrogens with zero attached hydrogens (tertiary/aromatic N) is 2. The molecule has 0 saturated carbocycles. The van der Waals surface area contributed by atoms with Gasteiger partial charge >= 0.3 is 0 Å². The Kier molecular flexibility index (Phi) is 5.14. The van der Waals surface area contributed by atoms with Crippen molar-refractivity contribution in [3.63, 3.8) is 0 Å². The minimum absolute atomic E-state index is 0.182. The Hall–Kier alpha value is -1.99. The normalized spacial score (nSPS) is 18.1. The standard InChI is InChI=1S/C18H11Cl3N4OS/c19-10-7-11(20)16(12(21)8-10)24-18-25-17(26)15(27-18)6-9-1-2-13-14(5-9)23-4-3-22-13/h1-8,18,24H,(H,25,26)/b15-6-. The summed E-state index contributed by atoms with van der Waals surface area (Å²) in [6.45, 7) is 0. The van der Waals surface area contributed by atoms with Crippen molar-refractivity contribution in [1.29, 1.82) is 0 Å². The second kappa shape index (κ2) is 7.56. The van der Waals surface area contributed by atoms with Gasteiger partial charge in [0.15, 0.2) is 5.50 Å². The third-order valence-corrected chi connectivity index (χ3v) is 5.65. The van der Waals surface area contributed by atoms with Crippen molar-refractivity contribution in [2.24, 2.45) is 0 Å². The van der Waals surface area contributed by atoms with E-state index < -0.39 is 5.50 Å². The van der Waals surface area contributed by atoms with E-state index in [2.05, 4.69) is 20.6 Å². The van der Waals surface area contributed by atoms with Crippen LogP contribution in [-0.4, -0.2) is 21.4 Å². The average molecular weight is 438 g/mol. The first-order valence-corrected chi connectivity index (χ1v) is 9.82. The number of benzene rings is 2. The fraction of sp³-hybridized carbons (Fsp3) is 0.0556. The lowest BCUT2D eigenvalue weighted by Gasteiger charge is -2.15. The van der Waals surface area contributed by atoms with Crippen molar-refractivity contribution < 1.29 is 4.79 Å². The molecule has 1 atom stereocenters. The number of aromatic nitrogens is 2. The maximum absolute atomic E-state index is 12.3. The summed E-state index contributed by atoms with van der Waals surface area (Å²) in [5.41, 5.74) is 2.55. The predicted octanol–water partition coefficient (Wildman–Crippen LogP) is 5.19. The van der Waals surface area contributed by atoms with Crippen molar-refractivity contribution in [3.8, 4) is 0 Å². The largest absolute Gasteiger partial charge is 0.354 e. The molecular weight excluding hydrogens is 427 g/mol. The molecule has 1 aliphatic heterocycles. The van der Waals surface area contributed by atoms with Crippen LogP contribution < -0.4 is 10.6 Å². The molecule has 27 heavy (non-hydrogen) atoms. The first-order chi connectivity index (χ1) is 13.0. The quantitative estimate of drug-likeness (QED) is 0.552. The van der Waals surface area contributed by atoms with Crippen LogP contribution >= 0.6 is 46.6 Å². The summed E-state index contributed by atoms with van der Waals surface area (Å²) in [5, 5.41) is 7.18. The van der Waals surface area contributed by atoms with Gasteiger partial charge in [0.2, 0.25) is 0 Å². The van der Waals surface area contributed by atoms with Crippen LogP contribution in [0, 0.1) is 0 Å². The van der Waals surface area contributed by atoms with Gasteiger partial charge in [-0.1, -0.05) is 52.6 Å². The van der Waals surface area contributed by atoms with E-state index in [0.29, 0.717) is 25.7 Å². The number of rotatable bonds is 3. The van der Waals surface area contributed by atoms with E-state index in [0.717, 1.165) is 16.6 Å². The molecule has 3 aromatic rings. The van der Waals surface area contributed by atoms with E-state index in [-0.39, 0.29) is 5.91 Å². The minimum Gasteiger partial charge on any atom is -0.354 e. The van der Waals surface area contributed by atoms with Crippen molar-refractivity contribution in [3.05, 3.63) is 68.3 Å².